The first kappa shape index (κ1) is 62.4. The third kappa shape index (κ3) is 36.0. The van der Waals surface area contributed by atoms with Crippen molar-refractivity contribution in [2.75, 3.05) is 19.8 Å². The fraction of sp³-hybridized carbons (Fsp3) is 0.786. The van der Waals surface area contributed by atoms with E-state index in [4.69, 9.17) is 14.2 Å². The molecule has 388 valence electrons. The van der Waals surface area contributed by atoms with E-state index in [-0.39, 0.29) is 18.5 Å². The maximum Gasteiger partial charge on any atom is 0.305 e. The van der Waals surface area contributed by atoms with Crippen molar-refractivity contribution >= 4 is 11.9 Å². The Morgan fingerprint density at radius 1 is 0.567 bits per heavy atom. The maximum absolute atomic E-state index is 12.9. The molecule has 0 aromatic rings. The molecule has 1 aliphatic heterocycles. The van der Waals surface area contributed by atoms with Gasteiger partial charge in [0.15, 0.2) is 6.29 Å². The largest absolute Gasteiger partial charge is 0.466 e. The molecule has 1 fully saturated rings. The van der Waals surface area contributed by atoms with Gasteiger partial charge >= 0.3 is 5.97 Å². The molecule has 0 aromatic heterocycles. The third-order valence-corrected chi connectivity index (χ3v) is 12.4. The van der Waals surface area contributed by atoms with Gasteiger partial charge in [-0.15, -0.1) is 0 Å². The number of carbonyl (C=O) groups is 2. The summed E-state index contributed by atoms with van der Waals surface area (Å²) >= 11 is 0. The molecule has 0 radical (unpaired) electrons. The Morgan fingerprint density at radius 3 is 1.57 bits per heavy atom. The average molecular weight is 946 g/mol. The molecule has 1 heterocycles. The summed E-state index contributed by atoms with van der Waals surface area (Å²) in [6.07, 6.45) is 47.7. The van der Waals surface area contributed by atoms with Crippen molar-refractivity contribution in [3.8, 4) is 0 Å². The number of hydrogen-bond donors (Lipinski definition) is 6. The Morgan fingerprint density at radius 2 is 1.03 bits per heavy atom. The maximum atomic E-state index is 12.9. The zero-order valence-electron chi connectivity index (χ0n) is 42.3. The molecular formula is C56H99NO10. The molecule has 1 rings (SSSR count). The van der Waals surface area contributed by atoms with Crippen LogP contribution in [0.5, 0.6) is 0 Å². The Balaban J connectivity index is 2.11. The number of amides is 1. The van der Waals surface area contributed by atoms with Crippen LogP contribution in [0.2, 0.25) is 0 Å². The number of rotatable bonds is 45. The normalized spacial score (nSPS) is 20.0. The van der Waals surface area contributed by atoms with Gasteiger partial charge in [-0.1, -0.05) is 164 Å². The van der Waals surface area contributed by atoms with Gasteiger partial charge in [0.25, 0.3) is 0 Å². The number of aliphatic hydroxyl groups excluding tert-OH is 5. The van der Waals surface area contributed by atoms with Gasteiger partial charge in [0.1, 0.15) is 24.4 Å². The van der Waals surface area contributed by atoms with Gasteiger partial charge in [-0.05, 0) is 103 Å². The highest BCUT2D eigenvalue weighted by Gasteiger charge is 2.44. The second-order valence-corrected chi connectivity index (χ2v) is 18.6. The standard InChI is InChI=1S/C56H99NO10/c1-3-5-7-9-11-13-14-15-16-17-18-19-20-21-24-28-32-36-40-44-52(61)65-45-41-37-33-29-25-22-23-27-31-35-39-43-51(60)57-48(49(59)42-38-34-30-26-12-10-8-6-4-2)47-66-56-55(64)54(63)53(62)50(46-58)67-56/h4,6,12,15-16,25-26,29,38,42,48-50,53-56,58-59,62-64H,3,5,7-11,13-14,17-24,27-28,30-37,39-41,43-47H2,1-2H3,(H,57,60)/b6-4+,16-15-,26-12+,29-25-,42-38+. The molecule has 7 unspecified atom stereocenters. The lowest BCUT2D eigenvalue weighted by atomic mass is 9.99. The number of esters is 1. The Labute approximate surface area is 408 Å². The quantitative estimate of drug-likeness (QED) is 0.0196. The number of hydrogen-bond acceptors (Lipinski definition) is 10. The summed E-state index contributed by atoms with van der Waals surface area (Å²) in [6.45, 7) is 3.96. The van der Waals surface area contributed by atoms with E-state index >= 15 is 0 Å². The van der Waals surface area contributed by atoms with Crippen molar-refractivity contribution in [1.82, 2.24) is 5.32 Å². The van der Waals surface area contributed by atoms with Gasteiger partial charge < -0.3 is 45.1 Å². The van der Waals surface area contributed by atoms with E-state index < -0.39 is 49.5 Å². The van der Waals surface area contributed by atoms with Crippen LogP contribution < -0.4 is 5.32 Å². The Hall–Kier alpha value is -2.64. The van der Waals surface area contributed by atoms with Crippen LogP contribution in [0.4, 0.5) is 0 Å². The summed E-state index contributed by atoms with van der Waals surface area (Å²) < 4.78 is 16.6. The van der Waals surface area contributed by atoms with Crippen LogP contribution in [-0.2, 0) is 23.8 Å². The van der Waals surface area contributed by atoms with Crippen LogP contribution in [0, 0.1) is 0 Å². The number of unbranched alkanes of at least 4 members (excludes halogenated alkanes) is 24. The minimum atomic E-state index is -1.59. The first-order valence-corrected chi connectivity index (χ1v) is 27.0. The minimum absolute atomic E-state index is 0.0613. The van der Waals surface area contributed by atoms with Crippen LogP contribution >= 0.6 is 0 Å². The molecule has 11 nitrogen and oxygen atoms in total. The average Bonchev–Trinajstić information content (AvgIpc) is 3.32. The second kappa shape index (κ2) is 45.8. The lowest BCUT2D eigenvalue weighted by Gasteiger charge is -2.40. The van der Waals surface area contributed by atoms with E-state index in [9.17, 15) is 35.1 Å². The lowest BCUT2D eigenvalue weighted by Crippen LogP contribution is -2.60. The van der Waals surface area contributed by atoms with E-state index in [0.29, 0.717) is 32.3 Å². The topological polar surface area (TPSA) is 175 Å². The van der Waals surface area contributed by atoms with Crippen molar-refractivity contribution < 1.29 is 49.3 Å². The molecule has 67 heavy (non-hydrogen) atoms. The van der Waals surface area contributed by atoms with E-state index in [1.807, 2.05) is 19.1 Å². The Bertz CT molecular complexity index is 1300. The minimum Gasteiger partial charge on any atom is -0.466 e. The van der Waals surface area contributed by atoms with Crippen LogP contribution in [0.15, 0.2) is 60.8 Å². The van der Waals surface area contributed by atoms with Crippen LogP contribution in [0.3, 0.4) is 0 Å². The third-order valence-electron chi connectivity index (χ3n) is 12.4. The molecule has 7 atom stereocenters. The molecule has 0 spiro atoms. The van der Waals surface area contributed by atoms with Gasteiger partial charge in [0.2, 0.25) is 5.91 Å². The molecule has 1 amide bonds. The monoisotopic (exact) mass is 946 g/mol. The van der Waals surface area contributed by atoms with Crippen molar-refractivity contribution in [3.63, 3.8) is 0 Å². The number of aliphatic hydroxyl groups is 5. The number of ether oxygens (including phenoxy) is 3. The summed E-state index contributed by atoms with van der Waals surface area (Å²) in [5.74, 6) is -0.292. The summed E-state index contributed by atoms with van der Waals surface area (Å²) in [4.78, 5) is 25.1. The van der Waals surface area contributed by atoms with E-state index in [2.05, 4.69) is 54.8 Å². The Kier molecular flexibility index (Phi) is 42.6. The summed E-state index contributed by atoms with van der Waals surface area (Å²) in [5, 5.41) is 54.0. The number of allylic oxidation sites excluding steroid dienone is 9. The van der Waals surface area contributed by atoms with Crippen LogP contribution in [-0.4, -0.2) is 100 Å². The van der Waals surface area contributed by atoms with Crippen molar-refractivity contribution in [3.05, 3.63) is 60.8 Å². The summed E-state index contributed by atoms with van der Waals surface area (Å²) in [5.41, 5.74) is 0. The van der Waals surface area contributed by atoms with Gasteiger partial charge in [0.05, 0.1) is 32.0 Å². The lowest BCUT2D eigenvalue weighted by molar-refractivity contribution is -0.302. The van der Waals surface area contributed by atoms with Gasteiger partial charge in [-0.3, -0.25) is 9.59 Å². The highest BCUT2D eigenvalue weighted by atomic mass is 16.7. The van der Waals surface area contributed by atoms with Crippen LogP contribution in [0.25, 0.3) is 0 Å². The second-order valence-electron chi connectivity index (χ2n) is 18.6. The van der Waals surface area contributed by atoms with Gasteiger partial charge in [-0.25, -0.2) is 0 Å². The van der Waals surface area contributed by atoms with Crippen LogP contribution in [0.1, 0.15) is 219 Å². The molecule has 6 N–H and O–H groups in total. The molecule has 1 saturated heterocycles. The SMILES string of the molecule is C/C=C/CC/C=C/CC/C=C/C(O)C(COC1OC(CO)C(O)C(O)C1O)NC(=O)CCCCCCC/C=C\CCCCOC(=O)CCCCCCCCCCC/C=C\CCCCCCCC. The zero-order valence-corrected chi connectivity index (χ0v) is 42.3. The van der Waals surface area contributed by atoms with Crippen molar-refractivity contribution in [2.45, 2.75) is 262 Å². The summed E-state index contributed by atoms with van der Waals surface area (Å²) in [7, 11) is 0. The van der Waals surface area contributed by atoms with Gasteiger partial charge in [-0.2, -0.15) is 0 Å². The highest BCUT2D eigenvalue weighted by molar-refractivity contribution is 5.76. The van der Waals surface area contributed by atoms with Crippen molar-refractivity contribution in [2.24, 2.45) is 0 Å². The highest BCUT2D eigenvalue weighted by Crippen LogP contribution is 2.23. The molecule has 1 aliphatic rings. The molecule has 0 bridgehead atoms. The predicted octanol–water partition coefficient (Wildman–Crippen LogP) is 11.5. The van der Waals surface area contributed by atoms with E-state index in [1.54, 1.807) is 6.08 Å². The fourth-order valence-electron chi connectivity index (χ4n) is 8.05. The van der Waals surface area contributed by atoms with Gasteiger partial charge in [0, 0.05) is 12.8 Å². The molecule has 0 aromatic carbocycles. The zero-order chi connectivity index (χ0) is 48.8. The van der Waals surface area contributed by atoms with E-state index in [1.165, 1.54) is 96.3 Å². The number of carbonyl (C=O) groups excluding carboxylic acids is 2. The molecule has 0 saturated carbocycles. The molecular weight excluding hydrogens is 847 g/mol. The smallest absolute Gasteiger partial charge is 0.305 e. The van der Waals surface area contributed by atoms with E-state index in [0.717, 1.165) is 83.5 Å². The first-order valence-electron chi connectivity index (χ1n) is 27.0. The molecule has 0 aliphatic carbocycles. The summed E-state index contributed by atoms with van der Waals surface area (Å²) in [6, 6.07) is -0.855. The fourth-order valence-corrected chi connectivity index (χ4v) is 8.05. The number of nitrogens with one attached hydrogen (secondary N) is 1. The molecule has 11 heteroatoms. The predicted molar refractivity (Wildman–Crippen MR) is 273 cm³/mol. The first-order chi connectivity index (χ1) is 32.7. The van der Waals surface area contributed by atoms with Crippen molar-refractivity contribution in [1.29, 1.82) is 0 Å².